The molecule has 15 heavy (non-hydrogen) atoms. The van der Waals surface area contributed by atoms with E-state index in [2.05, 4.69) is 0 Å². The zero-order valence-electron chi connectivity index (χ0n) is 7.56. The highest BCUT2D eigenvalue weighted by atomic mass is 127. The van der Waals surface area contributed by atoms with E-state index in [0.717, 1.165) is 9.21 Å². The van der Waals surface area contributed by atoms with Gasteiger partial charge < -0.3 is 19.1 Å². The summed E-state index contributed by atoms with van der Waals surface area (Å²) in [5, 5.41) is 18.3. The highest BCUT2D eigenvalue weighted by molar-refractivity contribution is 14.2. The Bertz CT molecular complexity index is 382. The van der Waals surface area contributed by atoms with E-state index in [-0.39, 0.29) is 17.1 Å². The number of rotatable bonds is 4. The molecule has 0 atom stereocenters. The summed E-state index contributed by atoms with van der Waals surface area (Å²) in [6, 6.07) is 2.62. The highest BCUT2D eigenvalue weighted by Crippen LogP contribution is 2.35. The number of ether oxygens (including phenoxy) is 1. The SMILES string of the molecule is COc1cc(OSI)cc(O)c1C(=O)O. The number of methoxy groups -OCH3 is 1. The number of aromatic hydroxyl groups is 1. The second kappa shape index (κ2) is 5.31. The molecule has 0 amide bonds. The number of hydrogen-bond acceptors (Lipinski definition) is 5. The van der Waals surface area contributed by atoms with Gasteiger partial charge in [-0.05, 0) is 0 Å². The van der Waals surface area contributed by atoms with Crippen molar-refractivity contribution in [2.45, 2.75) is 0 Å². The molecule has 0 bridgehead atoms. The largest absolute Gasteiger partial charge is 0.507 e. The molecule has 2 N–H and O–H groups in total. The normalized spacial score (nSPS) is 9.73. The second-order valence-electron chi connectivity index (χ2n) is 2.47. The lowest BCUT2D eigenvalue weighted by atomic mass is 10.1. The predicted octanol–water partition coefficient (Wildman–Crippen LogP) is 2.48. The third-order valence-corrected chi connectivity index (χ3v) is 2.41. The Morgan fingerprint density at radius 1 is 1.53 bits per heavy atom. The lowest BCUT2D eigenvalue weighted by Gasteiger charge is -2.08. The molecule has 82 valence electrons. The van der Waals surface area contributed by atoms with Crippen LogP contribution in [0, 0.1) is 0 Å². The number of phenols is 1. The van der Waals surface area contributed by atoms with Crippen molar-refractivity contribution in [1.82, 2.24) is 0 Å². The molecule has 0 saturated heterocycles. The summed E-state index contributed by atoms with van der Waals surface area (Å²) in [7, 11) is 2.37. The third kappa shape index (κ3) is 2.81. The molecule has 0 heterocycles. The Balaban J connectivity index is 3.24. The van der Waals surface area contributed by atoms with Gasteiger partial charge in [0.2, 0.25) is 0 Å². The van der Waals surface area contributed by atoms with Crippen molar-refractivity contribution in [1.29, 1.82) is 0 Å². The first-order chi connectivity index (χ1) is 7.10. The van der Waals surface area contributed by atoms with Crippen LogP contribution < -0.4 is 8.92 Å². The van der Waals surface area contributed by atoms with Gasteiger partial charge >= 0.3 is 5.97 Å². The zero-order valence-corrected chi connectivity index (χ0v) is 10.5. The van der Waals surface area contributed by atoms with Crippen molar-refractivity contribution in [3.05, 3.63) is 17.7 Å². The predicted molar refractivity (Wildman–Crippen MR) is 63.9 cm³/mol. The average Bonchev–Trinajstić information content (AvgIpc) is 2.16. The fraction of sp³-hybridized carbons (Fsp3) is 0.125. The van der Waals surface area contributed by atoms with Gasteiger partial charge in [0.1, 0.15) is 32.0 Å². The molecular weight excluding hydrogens is 335 g/mol. The quantitative estimate of drug-likeness (QED) is 0.647. The third-order valence-electron chi connectivity index (χ3n) is 1.62. The Morgan fingerprint density at radius 3 is 2.67 bits per heavy atom. The summed E-state index contributed by atoms with van der Waals surface area (Å²) in [6.07, 6.45) is 0. The summed E-state index contributed by atoms with van der Waals surface area (Å²) >= 11 is 1.90. The van der Waals surface area contributed by atoms with E-state index in [0.29, 0.717) is 5.75 Å². The molecule has 0 unspecified atom stereocenters. The Hall–Kier alpha value is -0.830. The summed E-state index contributed by atoms with van der Waals surface area (Å²) in [6.45, 7) is 0. The molecular formula is C8H7IO5S. The van der Waals surface area contributed by atoms with Crippen LogP contribution >= 0.6 is 30.4 Å². The number of benzene rings is 1. The standard InChI is InChI=1S/C8H7IO5S/c1-13-6-3-4(14-15-9)2-5(10)7(6)8(11)12/h2-3,10H,1H3,(H,11,12). The molecule has 5 nitrogen and oxygen atoms in total. The van der Waals surface area contributed by atoms with Gasteiger partial charge in [-0.2, -0.15) is 0 Å². The molecule has 0 aliphatic carbocycles. The maximum Gasteiger partial charge on any atom is 0.343 e. The van der Waals surface area contributed by atoms with Crippen LogP contribution in [0.25, 0.3) is 0 Å². The van der Waals surface area contributed by atoms with Crippen molar-refractivity contribution in [2.24, 2.45) is 0 Å². The van der Waals surface area contributed by atoms with E-state index in [4.69, 9.17) is 14.0 Å². The monoisotopic (exact) mass is 342 g/mol. The highest BCUT2D eigenvalue weighted by Gasteiger charge is 2.18. The van der Waals surface area contributed by atoms with Crippen LogP contribution in [0.5, 0.6) is 17.2 Å². The van der Waals surface area contributed by atoms with Crippen molar-refractivity contribution >= 4 is 36.4 Å². The zero-order chi connectivity index (χ0) is 11.4. The van der Waals surface area contributed by atoms with E-state index >= 15 is 0 Å². The van der Waals surface area contributed by atoms with Gasteiger partial charge in [0.25, 0.3) is 0 Å². The minimum Gasteiger partial charge on any atom is -0.507 e. The summed E-state index contributed by atoms with van der Waals surface area (Å²) in [5.74, 6) is -1.25. The second-order valence-corrected chi connectivity index (χ2v) is 3.84. The van der Waals surface area contributed by atoms with Crippen molar-refractivity contribution in [2.75, 3.05) is 7.11 Å². The van der Waals surface area contributed by atoms with Crippen LogP contribution in [0.4, 0.5) is 0 Å². The summed E-state index contributed by atoms with van der Waals surface area (Å²) in [4.78, 5) is 10.8. The molecule has 0 saturated carbocycles. The van der Waals surface area contributed by atoms with E-state index in [1.807, 2.05) is 21.2 Å². The van der Waals surface area contributed by atoms with Gasteiger partial charge in [0.15, 0.2) is 0 Å². The molecule has 0 fully saturated rings. The topological polar surface area (TPSA) is 76.0 Å². The number of hydrogen-bond donors (Lipinski definition) is 2. The van der Waals surface area contributed by atoms with Gasteiger partial charge in [0.05, 0.1) is 7.11 Å². The lowest BCUT2D eigenvalue weighted by molar-refractivity contribution is 0.0690. The van der Waals surface area contributed by atoms with Gasteiger partial charge in [0, 0.05) is 33.3 Å². The number of carboxylic acid groups (broad SMARTS) is 1. The minimum atomic E-state index is -1.25. The van der Waals surface area contributed by atoms with E-state index in [9.17, 15) is 9.90 Å². The fourth-order valence-corrected chi connectivity index (χ4v) is 1.83. The number of carboxylic acids is 1. The Morgan fingerprint density at radius 2 is 2.20 bits per heavy atom. The number of halogens is 1. The van der Waals surface area contributed by atoms with Crippen LogP contribution in [-0.4, -0.2) is 23.3 Å². The molecule has 1 aromatic carbocycles. The van der Waals surface area contributed by atoms with Gasteiger partial charge in [-0.1, -0.05) is 0 Å². The van der Waals surface area contributed by atoms with Crippen LogP contribution in [0.15, 0.2) is 12.1 Å². The van der Waals surface area contributed by atoms with Crippen LogP contribution in [0.2, 0.25) is 0 Å². The summed E-state index contributed by atoms with van der Waals surface area (Å²) < 4.78 is 9.88. The minimum absolute atomic E-state index is 0.0583. The average molecular weight is 342 g/mol. The molecule has 7 heteroatoms. The molecule has 0 aromatic heterocycles. The molecule has 0 radical (unpaired) electrons. The van der Waals surface area contributed by atoms with Crippen LogP contribution in [0.1, 0.15) is 10.4 Å². The first-order valence-corrected chi connectivity index (χ1v) is 6.98. The lowest BCUT2D eigenvalue weighted by Crippen LogP contribution is -2.01. The molecule has 0 aliphatic rings. The maximum absolute atomic E-state index is 10.8. The first kappa shape index (κ1) is 12.2. The van der Waals surface area contributed by atoms with E-state index in [1.165, 1.54) is 19.2 Å². The maximum atomic E-state index is 10.8. The van der Waals surface area contributed by atoms with Gasteiger partial charge in [-0.15, -0.1) is 0 Å². The summed E-state index contributed by atoms with van der Waals surface area (Å²) in [5.41, 5.74) is -0.275. The van der Waals surface area contributed by atoms with Crippen LogP contribution in [-0.2, 0) is 0 Å². The van der Waals surface area contributed by atoms with Gasteiger partial charge in [-0.3, -0.25) is 0 Å². The van der Waals surface area contributed by atoms with Crippen LogP contribution in [0.3, 0.4) is 0 Å². The Labute approximate surface area is 102 Å². The smallest absolute Gasteiger partial charge is 0.343 e. The molecule has 1 rings (SSSR count). The molecule has 0 spiro atoms. The Kier molecular flexibility index (Phi) is 4.33. The van der Waals surface area contributed by atoms with Crippen molar-refractivity contribution < 1.29 is 23.9 Å². The van der Waals surface area contributed by atoms with Crippen molar-refractivity contribution in [3.8, 4) is 17.2 Å². The molecule has 0 aliphatic heterocycles. The molecule has 1 aromatic rings. The van der Waals surface area contributed by atoms with E-state index < -0.39 is 5.97 Å². The fourth-order valence-electron chi connectivity index (χ4n) is 1.04. The van der Waals surface area contributed by atoms with Gasteiger partial charge in [-0.25, -0.2) is 4.79 Å². The number of aromatic carboxylic acids is 1. The van der Waals surface area contributed by atoms with Crippen molar-refractivity contribution in [3.63, 3.8) is 0 Å². The number of carbonyl (C=O) groups is 1. The first-order valence-electron chi connectivity index (χ1n) is 3.69. The van der Waals surface area contributed by atoms with E-state index in [1.54, 1.807) is 0 Å².